The fourth-order valence-electron chi connectivity index (χ4n) is 1.55. The van der Waals surface area contributed by atoms with E-state index in [2.05, 4.69) is 25.9 Å². The zero-order chi connectivity index (χ0) is 14.9. The molecule has 5 nitrogen and oxygen atoms in total. The summed E-state index contributed by atoms with van der Waals surface area (Å²) in [5.41, 5.74) is 0.706. The first-order valence-electron chi connectivity index (χ1n) is 5.49. The van der Waals surface area contributed by atoms with Gasteiger partial charge in [0.25, 0.3) is 0 Å². The molecule has 2 rings (SSSR count). The molecular formula is C11H11BrClN3O2S2. The molecule has 0 saturated heterocycles. The number of pyridine rings is 1. The van der Waals surface area contributed by atoms with Crippen molar-refractivity contribution in [2.24, 2.45) is 0 Å². The standard InChI is InChI=1S/C11H11BrClN3O2S2/c1-7-15-9(6-19-7)5-16(2)20(17,18)10-3-8(12)4-14-11(10)13/h3-4,6H,5H2,1-2H3. The Labute approximate surface area is 134 Å². The Hall–Kier alpha value is -0.540. The van der Waals surface area contributed by atoms with Gasteiger partial charge in [-0.3, -0.25) is 0 Å². The number of sulfonamides is 1. The average molecular weight is 397 g/mol. The van der Waals surface area contributed by atoms with E-state index in [0.717, 1.165) is 5.01 Å². The molecule has 0 spiro atoms. The van der Waals surface area contributed by atoms with Crippen molar-refractivity contribution in [1.82, 2.24) is 14.3 Å². The van der Waals surface area contributed by atoms with Crippen LogP contribution < -0.4 is 0 Å². The molecular weight excluding hydrogens is 386 g/mol. The number of hydrogen-bond acceptors (Lipinski definition) is 5. The molecule has 20 heavy (non-hydrogen) atoms. The summed E-state index contributed by atoms with van der Waals surface area (Å²) in [6.45, 7) is 2.06. The molecule has 2 aromatic heterocycles. The second kappa shape index (κ2) is 6.07. The average Bonchev–Trinajstić information content (AvgIpc) is 2.77. The first-order valence-corrected chi connectivity index (χ1v) is 8.98. The van der Waals surface area contributed by atoms with Gasteiger partial charge in [-0.25, -0.2) is 18.4 Å². The zero-order valence-electron chi connectivity index (χ0n) is 10.7. The van der Waals surface area contributed by atoms with Gasteiger partial charge in [0.2, 0.25) is 10.0 Å². The fourth-order valence-corrected chi connectivity index (χ4v) is 4.21. The molecule has 0 amide bonds. The summed E-state index contributed by atoms with van der Waals surface area (Å²) >= 11 is 10.6. The Morgan fingerprint density at radius 2 is 2.20 bits per heavy atom. The molecule has 2 heterocycles. The lowest BCUT2D eigenvalue weighted by molar-refractivity contribution is 0.462. The lowest BCUT2D eigenvalue weighted by Gasteiger charge is -2.16. The number of halogens is 2. The maximum Gasteiger partial charge on any atom is 0.246 e. The van der Waals surface area contributed by atoms with Crippen molar-refractivity contribution in [3.05, 3.63) is 38.0 Å². The molecule has 0 bridgehead atoms. The number of aryl methyl sites for hydroxylation is 1. The summed E-state index contributed by atoms with van der Waals surface area (Å²) in [4.78, 5) is 8.07. The highest BCUT2D eigenvalue weighted by molar-refractivity contribution is 9.10. The van der Waals surface area contributed by atoms with E-state index in [9.17, 15) is 8.42 Å². The van der Waals surface area contributed by atoms with Crippen LogP contribution in [-0.2, 0) is 16.6 Å². The number of rotatable bonds is 4. The van der Waals surface area contributed by atoms with Gasteiger partial charge < -0.3 is 0 Å². The van der Waals surface area contributed by atoms with Crippen molar-refractivity contribution in [3.8, 4) is 0 Å². The van der Waals surface area contributed by atoms with Gasteiger partial charge in [-0.2, -0.15) is 4.31 Å². The summed E-state index contributed by atoms with van der Waals surface area (Å²) in [5, 5.41) is 2.68. The van der Waals surface area contributed by atoms with Crippen LogP contribution in [0.5, 0.6) is 0 Å². The summed E-state index contributed by atoms with van der Waals surface area (Å²) < 4.78 is 26.7. The van der Waals surface area contributed by atoms with E-state index < -0.39 is 10.0 Å². The minimum atomic E-state index is -3.71. The van der Waals surface area contributed by atoms with E-state index in [1.54, 1.807) is 0 Å². The minimum Gasteiger partial charge on any atom is -0.245 e. The lowest BCUT2D eigenvalue weighted by Crippen LogP contribution is -2.27. The maximum absolute atomic E-state index is 12.5. The third kappa shape index (κ3) is 3.37. The molecule has 0 aromatic carbocycles. The largest absolute Gasteiger partial charge is 0.246 e. The second-order valence-electron chi connectivity index (χ2n) is 4.06. The van der Waals surface area contributed by atoms with Gasteiger partial charge in [-0.05, 0) is 28.9 Å². The number of hydrogen-bond donors (Lipinski definition) is 0. The summed E-state index contributed by atoms with van der Waals surface area (Å²) in [6, 6.07) is 1.44. The van der Waals surface area contributed by atoms with Crippen molar-refractivity contribution in [3.63, 3.8) is 0 Å². The van der Waals surface area contributed by atoms with Crippen LogP contribution >= 0.6 is 38.9 Å². The molecule has 0 fully saturated rings. The van der Waals surface area contributed by atoms with Crippen LogP contribution in [0.25, 0.3) is 0 Å². The Kier molecular flexibility index (Phi) is 4.80. The monoisotopic (exact) mass is 395 g/mol. The fraction of sp³-hybridized carbons (Fsp3) is 0.273. The molecule has 0 saturated carbocycles. The summed E-state index contributed by atoms with van der Waals surface area (Å²) in [7, 11) is -2.22. The quantitative estimate of drug-likeness (QED) is 0.745. The summed E-state index contributed by atoms with van der Waals surface area (Å²) in [6.07, 6.45) is 1.45. The van der Waals surface area contributed by atoms with Crippen LogP contribution in [0.3, 0.4) is 0 Å². The van der Waals surface area contributed by atoms with Gasteiger partial charge >= 0.3 is 0 Å². The molecule has 9 heteroatoms. The number of thiazole rings is 1. The molecule has 0 atom stereocenters. The van der Waals surface area contributed by atoms with Crippen LogP contribution in [0.15, 0.2) is 27.0 Å². The topological polar surface area (TPSA) is 63.2 Å². The smallest absolute Gasteiger partial charge is 0.245 e. The lowest BCUT2D eigenvalue weighted by atomic mass is 10.5. The van der Waals surface area contributed by atoms with Gasteiger partial charge in [0.15, 0.2) is 0 Å². The molecule has 0 aliphatic carbocycles. The highest BCUT2D eigenvalue weighted by Gasteiger charge is 2.25. The van der Waals surface area contributed by atoms with Gasteiger partial charge in [0.1, 0.15) is 10.0 Å². The molecule has 0 N–H and O–H groups in total. The van der Waals surface area contributed by atoms with Crippen molar-refractivity contribution < 1.29 is 8.42 Å². The minimum absolute atomic E-state index is 0.0250. The molecule has 0 aliphatic rings. The third-order valence-electron chi connectivity index (χ3n) is 2.51. The number of aromatic nitrogens is 2. The molecule has 0 unspecified atom stereocenters. The Morgan fingerprint density at radius 3 is 2.80 bits per heavy atom. The van der Waals surface area contributed by atoms with E-state index in [4.69, 9.17) is 11.6 Å². The van der Waals surface area contributed by atoms with Gasteiger partial charge in [-0.15, -0.1) is 11.3 Å². The van der Waals surface area contributed by atoms with Crippen LogP contribution in [0.2, 0.25) is 5.15 Å². The summed E-state index contributed by atoms with van der Waals surface area (Å²) in [5.74, 6) is 0. The van der Waals surface area contributed by atoms with E-state index in [-0.39, 0.29) is 16.6 Å². The van der Waals surface area contributed by atoms with Crippen molar-refractivity contribution in [2.45, 2.75) is 18.4 Å². The molecule has 0 radical (unpaired) electrons. The predicted molar refractivity (Wildman–Crippen MR) is 82.5 cm³/mol. The van der Waals surface area contributed by atoms with Crippen molar-refractivity contribution in [1.29, 1.82) is 0 Å². The van der Waals surface area contributed by atoms with Gasteiger partial charge in [0.05, 0.1) is 17.2 Å². The Morgan fingerprint density at radius 1 is 1.50 bits per heavy atom. The Bertz CT molecular complexity index is 733. The zero-order valence-corrected chi connectivity index (χ0v) is 14.6. The number of nitrogens with zero attached hydrogens (tertiary/aromatic N) is 3. The van der Waals surface area contributed by atoms with E-state index in [1.165, 1.54) is 35.0 Å². The van der Waals surface area contributed by atoms with E-state index in [1.807, 2.05) is 12.3 Å². The van der Waals surface area contributed by atoms with Crippen LogP contribution in [0, 0.1) is 6.92 Å². The van der Waals surface area contributed by atoms with E-state index >= 15 is 0 Å². The molecule has 108 valence electrons. The third-order valence-corrected chi connectivity index (χ3v) is 6.00. The Balaban J connectivity index is 2.32. The first-order chi connectivity index (χ1) is 9.30. The van der Waals surface area contributed by atoms with Gasteiger partial charge in [0, 0.05) is 23.1 Å². The van der Waals surface area contributed by atoms with Crippen molar-refractivity contribution in [2.75, 3.05) is 7.05 Å². The maximum atomic E-state index is 12.5. The first kappa shape index (κ1) is 15.8. The molecule has 0 aliphatic heterocycles. The predicted octanol–water partition coefficient (Wildman–Crippen LogP) is 3.08. The SMILES string of the molecule is Cc1nc(CN(C)S(=O)(=O)c2cc(Br)cnc2Cl)cs1. The van der Waals surface area contributed by atoms with Crippen molar-refractivity contribution >= 4 is 48.9 Å². The van der Waals surface area contributed by atoms with Gasteiger partial charge in [-0.1, -0.05) is 11.6 Å². The van der Waals surface area contributed by atoms with E-state index in [0.29, 0.717) is 10.2 Å². The van der Waals surface area contributed by atoms with Crippen LogP contribution in [0.4, 0.5) is 0 Å². The van der Waals surface area contributed by atoms with Crippen LogP contribution in [-0.4, -0.2) is 29.7 Å². The van der Waals surface area contributed by atoms with Crippen LogP contribution in [0.1, 0.15) is 10.7 Å². The highest BCUT2D eigenvalue weighted by Crippen LogP contribution is 2.26. The highest BCUT2D eigenvalue weighted by atomic mass is 79.9. The normalized spacial score (nSPS) is 12.1. The second-order valence-corrected chi connectivity index (χ2v) is 8.41. The molecule has 2 aromatic rings.